The number of aromatic carboxylic acids is 1. The van der Waals surface area contributed by atoms with Crippen LogP contribution in [0.1, 0.15) is 47.2 Å². The van der Waals surface area contributed by atoms with Gasteiger partial charge in [0, 0.05) is 44.9 Å². The molecule has 13 nitrogen and oxygen atoms in total. The fourth-order valence-corrected chi connectivity index (χ4v) is 11.6. The van der Waals surface area contributed by atoms with Gasteiger partial charge in [-0.15, -0.1) is 11.3 Å². The van der Waals surface area contributed by atoms with E-state index in [4.69, 9.17) is 21.4 Å². The van der Waals surface area contributed by atoms with Gasteiger partial charge in [0.15, 0.2) is 11.5 Å². The summed E-state index contributed by atoms with van der Waals surface area (Å²) >= 11 is 11.4. The molecule has 3 aromatic carbocycles. The number of hydrogen-bond acceptors (Lipinski definition) is 10. The number of phenols is 2. The standard InChI is InChI=1S/C42H34BrClN4O9S/c1-17-24-13-19(44)5-10-31(24)58-36(17)28-16-32(46(3)45-28)48-38(52)27-15-25-21(34(42(27,2)41(48)56)26-11-18(43)12-30(57-4)35(26)50)8-9-23-33(25)39(53)47(37(23)51)20-6-7-22(40(54)55)29(49)14-20/h5-8,10-14,16,23,25,27,33-34,49-50H,9,15H2,1-4H3,(H,54,55). The number of carboxylic acids is 1. The summed E-state index contributed by atoms with van der Waals surface area (Å²) in [7, 11) is 3.07. The number of amides is 4. The number of aromatic nitrogens is 2. The van der Waals surface area contributed by atoms with Crippen molar-refractivity contribution in [3.8, 4) is 27.8 Å². The first kappa shape index (κ1) is 38.0. The number of carboxylic acid groups (broad SMARTS) is 1. The molecule has 2 aromatic heterocycles. The van der Waals surface area contributed by atoms with Crippen LogP contribution in [0.2, 0.25) is 5.02 Å². The normalized spacial score (nSPS) is 25.3. The van der Waals surface area contributed by atoms with Gasteiger partial charge < -0.3 is 20.1 Å². The number of imide groups is 2. The molecule has 3 fully saturated rings. The van der Waals surface area contributed by atoms with Crippen LogP contribution in [0.5, 0.6) is 17.2 Å². The SMILES string of the molecule is COc1cc(Br)cc(C2C3=CCC4C(=O)N(c5ccc(C(=O)O)c(O)c5)C(=O)C4C3CC3C(=O)N(c4cc(-c5sc6ccc(Cl)cc6c5C)nn4C)C(=O)C32C)c1O. The minimum absolute atomic E-state index is 0.0160. The van der Waals surface area contributed by atoms with E-state index in [0.29, 0.717) is 26.3 Å². The lowest BCUT2D eigenvalue weighted by atomic mass is 9.51. The highest BCUT2D eigenvalue weighted by atomic mass is 79.9. The molecule has 0 spiro atoms. The number of benzene rings is 3. The maximum absolute atomic E-state index is 15.2. The lowest BCUT2D eigenvalue weighted by Gasteiger charge is -2.49. The molecule has 6 atom stereocenters. The Morgan fingerprint density at radius 2 is 1.76 bits per heavy atom. The van der Waals surface area contributed by atoms with Gasteiger partial charge in [-0.05, 0) is 86.0 Å². The summed E-state index contributed by atoms with van der Waals surface area (Å²) in [6.45, 7) is 3.69. The number of rotatable bonds is 6. The summed E-state index contributed by atoms with van der Waals surface area (Å²) < 4.78 is 8.58. The van der Waals surface area contributed by atoms with Crippen LogP contribution in [-0.2, 0) is 26.2 Å². The number of hydrogen-bond donors (Lipinski definition) is 3. The maximum atomic E-state index is 15.2. The number of fused-ring (bicyclic) bond motifs is 5. The third-order valence-corrected chi connectivity index (χ3v) is 14.5. The number of carbonyl (C=O) groups is 5. The lowest BCUT2D eigenvalue weighted by Crippen LogP contribution is -2.49. The first-order chi connectivity index (χ1) is 27.6. The van der Waals surface area contributed by atoms with Crippen LogP contribution in [0.15, 0.2) is 70.7 Å². The van der Waals surface area contributed by atoms with E-state index in [1.165, 1.54) is 29.2 Å². The Morgan fingerprint density at radius 3 is 2.47 bits per heavy atom. The quantitative estimate of drug-likeness (QED) is 0.114. The summed E-state index contributed by atoms with van der Waals surface area (Å²) in [5.41, 5.74) is 0.613. The second kappa shape index (κ2) is 13.3. The van der Waals surface area contributed by atoms with Crippen molar-refractivity contribution >= 4 is 90.1 Å². The van der Waals surface area contributed by atoms with Crippen LogP contribution in [0.3, 0.4) is 0 Å². The molecule has 2 aliphatic heterocycles. The molecule has 4 amide bonds. The molecule has 3 N–H and O–H groups in total. The van der Waals surface area contributed by atoms with E-state index in [-0.39, 0.29) is 41.4 Å². The van der Waals surface area contributed by atoms with Crippen molar-refractivity contribution in [1.82, 2.24) is 9.78 Å². The van der Waals surface area contributed by atoms with E-state index in [1.807, 2.05) is 31.2 Å². The molecule has 4 heterocycles. The summed E-state index contributed by atoms with van der Waals surface area (Å²) in [6.07, 6.45) is 2.02. The Balaban J connectivity index is 1.17. The highest BCUT2D eigenvalue weighted by Crippen LogP contribution is 2.65. The molecule has 1 saturated carbocycles. The second-order valence-corrected chi connectivity index (χ2v) is 17.8. The van der Waals surface area contributed by atoms with Crippen molar-refractivity contribution in [3.63, 3.8) is 0 Å². The summed E-state index contributed by atoms with van der Waals surface area (Å²) in [5, 5.41) is 38.0. The van der Waals surface area contributed by atoms with Crippen molar-refractivity contribution in [1.29, 1.82) is 0 Å². The number of aryl methyl sites for hydroxylation is 2. The zero-order valence-electron chi connectivity index (χ0n) is 31.3. The first-order valence-corrected chi connectivity index (χ1v) is 20.4. The molecule has 0 radical (unpaired) electrons. The Kier molecular flexibility index (Phi) is 8.70. The Morgan fingerprint density at radius 1 is 1.00 bits per heavy atom. The van der Waals surface area contributed by atoms with E-state index < -0.39 is 70.4 Å². The minimum atomic E-state index is -1.48. The molecule has 0 bridgehead atoms. The summed E-state index contributed by atoms with van der Waals surface area (Å²) in [4.78, 5) is 73.3. The minimum Gasteiger partial charge on any atom is -0.507 e. The fourth-order valence-electron chi connectivity index (χ4n) is 9.86. The number of halogens is 2. The molecule has 16 heteroatoms. The monoisotopic (exact) mass is 884 g/mol. The average molecular weight is 886 g/mol. The molecule has 296 valence electrons. The van der Waals surface area contributed by atoms with E-state index in [1.54, 1.807) is 32.2 Å². The highest BCUT2D eigenvalue weighted by molar-refractivity contribution is 9.10. The molecule has 6 unspecified atom stereocenters. The van der Waals surface area contributed by atoms with Gasteiger partial charge in [-0.25, -0.2) is 14.6 Å². The van der Waals surface area contributed by atoms with Crippen molar-refractivity contribution in [2.24, 2.45) is 36.1 Å². The van der Waals surface area contributed by atoms with Gasteiger partial charge in [-0.3, -0.25) is 23.9 Å². The van der Waals surface area contributed by atoms with Crippen molar-refractivity contribution < 1.29 is 44.0 Å². The number of carbonyl (C=O) groups excluding carboxylic acids is 4. The smallest absolute Gasteiger partial charge is 0.339 e. The Labute approximate surface area is 348 Å². The Bertz CT molecular complexity index is 2740. The maximum Gasteiger partial charge on any atom is 0.339 e. The molecule has 4 aliphatic rings. The molecule has 2 aliphatic carbocycles. The van der Waals surface area contributed by atoms with Gasteiger partial charge in [-0.1, -0.05) is 39.2 Å². The van der Waals surface area contributed by atoms with Crippen LogP contribution in [0.25, 0.3) is 20.7 Å². The zero-order valence-corrected chi connectivity index (χ0v) is 34.5. The van der Waals surface area contributed by atoms with Crippen LogP contribution in [0.4, 0.5) is 11.5 Å². The van der Waals surface area contributed by atoms with E-state index in [9.17, 15) is 34.5 Å². The molecular formula is C42H34BrClN4O9S. The highest BCUT2D eigenvalue weighted by Gasteiger charge is 2.68. The van der Waals surface area contributed by atoms with Gasteiger partial charge in [0.2, 0.25) is 23.6 Å². The third kappa shape index (κ3) is 5.25. The van der Waals surface area contributed by atoms with Crippen LogP contribution in [0, 0.1) is 36.0 Å². The van der Waals surface area contributed by atoms with E-state index in [0.717, 1.165) is 42.5 Å². The fraction of sp³-hybridized carbons (Fsp3) is 0.286. The molecule has 9 rings (SSSR count). The zero-order chi connectivity index (χ0) is 41.3. The predicted molar refractivity (Wildman–Crippen MR) is 218 cm³/mol. The predicted octanol–water partition coefficient (Wildman–Crippen LogP) is 7.58. The first-order valence-electron chi connectivity index (χ1n) is 18.4. The molecule has 58 heavy (non-hydrogen) atoms. The number of nitrogens with zero attached hydrogens (tertiary/aromatic N) is 4. The molecule has 2 saturated heterocycles. The molecular weight excluding hydrogens is 852 g/mol. The van der Waals surface area contributed by atoms with Crippen molar-refractivity contribution in [2.75, 3.05) is 16.9 Å². The van der Waals surface area contributed by atoms with Crippen LogP contribution in [-0.4, -0.2) is 61.8 Å². The van der Waals surface area contributed by atoms with Gasteiger partial charge >= 0.3 is 5.97 Å². The number of phenolic OH excluding ortho intramolecular Hbond substituents is 1. The largest absolute Gasteiger partial charge is 0.507 e. The summed E-state index contributed by atoms with van der Waals surface area (Å²) in [5.74, 6) is -8.38. The topological polar surface area (TPSA) is 180 Å². The van der Waals surface area contributed by atoms with Gasteiger partial charge in [0.1, 0.15) is 22.8 Å². The number of allylic oxidation sites excluding steroid dienone is 2. The third-order valence-electron chi connectivity index (χ3n) is 12.6. The Hall–Kier alpha value is -5.51. The molecule has 5 aromatic rings. The average Bonchev–Trinajstić information content (AvgIpc) is 3.85. The van der Waals surface area contributed by atoms with Gasteiger partial charge in [0.05, 0.1) is 40.8 Å². The number of aromatic hydroxyl groups is 2. The van der Waals surface area contributed by atoms with Crippen LogP contribution < -0.4 is 14.5 Å². The number of ether oxygens (including phenoxy) is 1. The number of methoxy groups -OCH3 is 1. The lowest BCUT2D eigenvalue weighted by molar-refractivity contribution is -0.131. The van der Waals surface area contributed by atoms with Gasteiger partial charge in [-0.2, -0.15) is 5.10 Å². The second-order valence-electron chi connectivity index (χ2n) is 15.4. The van der Waals surface area contributed by atoms with E-state index in [2.05, 4.69) is 15.9 Å². The van der Waals surface area contributed by atoms with E-state index >= 15 is 4.79 Å². The van der Waals surface area contributed by atoms with Crippen LogP contribution >= 0.6 is 38.9 Å². The summed E-state index contributed by atoms with van der Waals surface area (Å²) in [6, 6.07) is 14.1. The van der Waals surface area contributed by atoms with Crippen molar-refractivity contribution in [2.45, 2.75) is 32.6 Å². The number of thiophene rings is 1. The van der Waals surface area contributed by atoms with Gasteiger partial charge in [0.25, 0.3) is 0 Å². The number of anilines is 2. The van der Waals surface area contributed by atoms with Crippen molar-refractivity contribution in [3.05, 3.63) is 92.4 Å².